The van der Waals surface area contributed by atoms with E-state index in [1.54, 1.807) is 28.1 Å². The van der Waals surface area contributed by atoms with Gasteiger partial charge in [-0.25, -0.2) is 4.98 Å². The number of piperidine rings is 1. The van der Waals surface area contributed by atoms with Gasteiger partial charge in [-0.15, -0.1) is 11.3 Å². The van der Waals surface area contributed by atoms with Crippen LogP contribution in [0, 0.1) is 5.92 Å². The summed E-state index contributed by atoms with van der Waals surface area (Å²) in [4.78, 5) is 49.7. The van der Waals surface area contributed by atoms with Crippen LogP contribution in [0.2, 0.25) is 0 Å². The Labute approximate surface area is 220 Å². The molecule has 4 heterocycles. The van der Waals surface area contributed by atoms with Gasteiger partial charge in [0.1, 0.15) is 5.82 Å². The number of hydrogen-bond donors (Lipinski definition) is 0. The maximum absolute atomic E-state index is 13.7. The Morgan fingerprint density at radius 2 is 1.78 bits per heavy atom. The molecule has 0 spiro atoms. The number of anilines is 1. The van der Waals surface area contributed by atoms with Gasteiger partial charge in [0.25, 0.3) is 5.91 Å². The standard InChI is InChI=1S/C28H32N4O4S/c1-3-36-28(35)21-8-6-12-32(18-21)26-22(27(34)31-15-13-30(14-16-31)19(2)33)10-11-23(29-26)25-17-20-7-4-5-9-24(20)37-25/h4-5,7,9-11,17,21H,3,6,8,12-16,18H2,1-2H3/t21-/m1/s1. The van der Waals surface area contributed by atoms with Crippen LogP contribution in [0.4, 0.5) is 5.82 Å². The molecule has 194 valence electrons. The van der Waals surface area contributed by atoms with E-state index in [0.29, 0.717) is 50.7 Å². The number of pyridine rings is 1. The van der Waals surface area contributed by atoms with Crippen molar-refractivity contribution in [2.45, 2.75) is 26.7 Å². The monoisotopic (exact) mass is 520 g/mol. The number of carbonyl (C=O) groups is 3. The van der Waals surface area contributed by atoms with Crippen molar-refractivity contribution in [2.75, 3.05) is 50.8 Å². The molecule has 2 saturated heterocycles. The number of thiophene rings is 1. The first-order valence-electron chi connectivity index (χ1n) is 12.9. The smallest absolute Gasteiger partial charge is 0.310 e. The summed E-state index contributed by atoms with van der Waals surface area (Å²) in [6, 6.07) is 14.1. The summed E-state index contributed by atoms with van der Waals surface area (Å²) in [7, 11) is 0. The second-order valence-electron chi connectivity index (χ2n) is 9.55. The van der Waals surface area contributed by atoms with Crippen molar-refractivity contribution in [2.24, 2.45) is 5.92 Å². The third-order valence-electron chi connectivity index (χ3n) is 7.14. The number of ether oxygens (including phenoxy) is 1. The van der Waals surface area contributed by atoms with Crippen LogP contribution in [-0.2, 0) is 14.3 Å². The molecule has 3 aromatic rings. The van der Waals surface area contributed by atoms with Gasteiger partial charge in [-0.1, -0.05) is 18.2 Å². The molecule has 0 bridgehead atoms. The summed E-state index contributed by atoms with van der Waals surface area (Å²) < 4.78 is 6.49. The second-order valence-corrected chi connectivity index (χ2v) is 10.6. The summed E-state index contributed by atoms with van der Waals surface area (Å²) in [6.07, 6.45) is 1.59. The highest BCUT2D eigenvalue weighted by Gasteiger charge is 2.32. The summed E-state index contributed by atoms with van der Waals surface area (Å²) >= 11 is 1.68. The highest BCUT2D eigenvalue weighted by Crippen LogP contribution is 2.35. The molecular weight excluding hydrogens is 488 g/mol. The predicted octanol–water partition coefficient (Wildman–Crippen LogP) is 4.05. The highest BCUT2D eigenvalue weighted by molar-refractivity contribution is 7.22. The molecule has 0 saturated carbocycles. The van der Waals surface area contributed by atoms with E-state index in [2.05, 4.69) is 23.1 Å². The number of aromatic nitrogens is 1. The number of piperazine rings is 1. The third kappa shape index (κ3) is 5.32. The Morgan fingerprint density at radius 3 is 2.51 bits per heavy atom. The minimum absolute atomic E-state index is 0.0282. The fraction of sp³-hybridized carbons (Fsp3) is 0.429. The Bertz CT molecular complexity index is 1280. The van der Waals surface area contributed by atoms with E-state index < -0.39 is 0 Å². The van der Waals surface area contributed by atoms with Crippen molar-refractivity contribution in [1.82, 2.24) is 14.8 Å². The van der Waals surface area contributed by atoms with E-state index in [1.165, 1.54) is 4.70 Å². The Balaban J connectivity index is 1.48. The summed E-state index contributed by atoms with van der Waals surface area (Å²) in [5, 5.41) is 1.16. The number of fused-ring (bicyclic) bond motifs is 1. The molecule has 2 aliphatic heterocycles. The third-order valence-corrected chi connectivity index (χ3v) is 8.28. The maximum Gasteiger partial charge on any atom is 0.310 e. The van der Waals surface area contributed by atoms with Gasteiger partial charge in [0.15, 0.2) is 0 Å². The first-order valence-corrected chi connectivity index (χ1v) is 13.7. The lowest BCUT2D eigenvalue weighted by molar-refractivity contribution is -0.148. The number of hydrogen-bond acceptors (Lipinski definition) is 7. The fourth-order valence-corrected chi connectivity index (χ4v) is 6.15. The second kappa shape index (κ2) is 10.9. The van der Waals surface area contributed by atoms with Crippen molar-refractivity contribution >= 4 is 45.0 Å². The zero-order chi connectivity index (χ0) is 25.9. The normalized spacial score (nSPS) is 18.2. The molecule has 0 unspecified atom stereocenters. The van der Waals surface area contributed by atoms with Gasteiger partial charge in [-0.05, 0) is 49.4 Å². The van der Waals surface area contributed by atoms with Gasteiger partial charge in [-0.2, -0.15) is 0 Å². The first kappa shape index (κ1) is 25.2. The van der Waals surface area contributed by atoms with Crippen LogP contribution in [0.3, 0.4) is 0 Å². The van der Waals surface area contributed by atoms with Crippen molar-refractivity contribution in [3.8, 4) is 10.6 Å². The SMILES string of the molecule is CCOC(=O)[C@@H]1CCCN(c2nc(-c3cc4ccccc4s3)ccc2C(=O)N2CCN(C(C)=O)CC2)C1. The lowest BCUT2D eigenvalue weighted by Crippen LogP contribution is -2.50. The Morgan fingerprint density at radius 1 is 1.03 bits per heavy atom. The van der Waals surface area contributed by atoms with Crippen LogP contribution in [0.1, 0.15) is 37.0 Å². The zero-order valence-corrected chi connectivity index (χ0v) is 22.1. The van der Waals surface area contributed by atoms with Crippen LogP contribution in [0.15, 0.2) is 42.5 Å². The molecule has 2 amide bonds. The topological polar surface area (TPSA) is 83.1 Å². The van der Waals surface area contributed by atoms with Crippen LogP contribution >= 0.6 is 11.3 Å². The molecule has 2 aliphatic rings. The lowest BCUT2D eigenvalue weighted by atomic mass is 9.97. The van der Waals surface area contributed by atoms with Gasteiger partial charge in [0.05, 0.1) is 28.7 Å². The van der Waals surface area contributed by atoms with Gasteiger partial charge in [0.2, 0.25) is 5.91 Å². The molecule has 2 aromatic heterocycles. The van der Waals surface area contributed by atoms with Crippen LogP contribution in [0.25, 0.3) is 20.7 Å². The molecule has 1 atom stereocenters. The zero-order valence-electron chi connectivity index (χ0n) is 21.3. The number of benzene rings is 1. The van der Waals surface area contributed by atoms with Crippen molar-refractivity contribution in [3.05, 3.63) is 48.0 Å². The molecular formula is C28H32N4O4S. The van der Waals surface area contributed by atoms with E-state index in [0.717, 1.165) is 35.3 Å². The molecule has 1 aromatic carbocycles. The average Bonchev–Trinajstić information content (AvgIpc) is 3.37. The molecule has 0 radical (unpaired) electrons. The van der Waals surface area contributed by atoms with Gasteiger partial charge in [-0.3, -0.25) is 14.4 Å². The molecule has 8 nitrogen and oxygen atoms in total. The molecule has 0 aliphatic carbocycles. The lowest BCUT2D eigenvalue weighted by Gasteiger charge is -2.36. The predicted molar refractivity (Wildman–Crippen MR) is 145 cm³/mol. The van der Waals surface area contributed by atoms with Crippen molar-refractivity contribution in [3.63, 3.8) is 0 Å². The van der Waals surface area contributed by atoms with Gasteiger partial charge < -0.3 is 19.4 Å². The summed E-state index contributed by atoms with van der Waals surface area (Å²) in [6.45, 7) is 6.95. The molecule has 37 heavy (non-hydrogen) atoms. The van der Waals surface area contributed by atoms with Crippen LogP contribution in [-0.4, -0.2) is 78.4 Å². The largest absolute Gasteiger partial charge is 0.466 e. The quantitative estimate of drug-likeness (QED) is 0.472. The number of amides is 2. The fourth-order valence-electron chi connectivity index (χ4n) is 5.12. The number of carbonyl (C=O) groups excluding carboxylic acids is 3. The average molecular weight is 521 g/mol. The minimum atomic E-state index is -0.245. The number of nitrogens with zero attached hydrogens (tertiary/aromatic N) is 4. The molecule has 0 N–H and O–H groups in total. The molecule has 5 rings (SSSR count). The van der Waals surface area contributed by atoms with E-state index in [9.17, 15) is 14.4 Å². The van der Waals surface area contributed by atoms with Crippen molar-refractivity contribution in [1.29, 1.82) is 0 Å². The highest BCUT2D eigenvalue weighted by atomic mass is 32.1. The van der Waals surface area contributed by atoms with Crippen LogP contribution in [0.5, 0.6) is 0 Å². The number of esters is 1. The van der Waals surface area contributed by atoms with Crippen LogP contribution < -0.4 is 4.90 Å². The van der Waals surface area contributed by atoms with Gasteiger partial charge in [0, 0.05) is 50.9 Å². The van der Waals surface area contributed by atoms with E-state index >= 15 is 0 Å². The molecule has 9 heteroatoms. The first-order chi connectivity index (χ1) is 17.9. The van der Waals surface area contributed by atoms with Gasteiger partial charge >= 0.3 is 5.97 Å². The van der Waals surface area contributed by atoms with Crippen molar-refractivity contribution < 1.29 is 19.1 Å². The number of rotatable bonds is 5. The van der Waals surface area contributed by atoms with E-state index in [-0.39, 0.29) is 23.7 Å². The summed E-state index contributed by atoms with van der Waals surface area (Å²) in [5.41, 5.74) is 1.35. The van der Waals surface area contributed by atoms with E-state index in [4.69, 9.17) is 9.72 Å². The Kier molecular flexibility index (Phi) is 7.41. The minimum Gasteiger partial charge on any atom is -0.466 e. The van der Waals surface area contributed by atoms with E-state index in [1.807, 2.05) is 31.2 Å². The summed E-state index contributed by atoms with van der Waals surface area (Å²) in [5.74, 6) is 0.113. The Hall–Kier alpha value is -3.46. The molecule has 2 fully saturated rings. The maximum atomic E-state index is 13.7.